The molecular weight excluding hydrogens is 226 g/mol. The van der Waals surface area contributed by atoms with E-state index >= 15 is 0 Å². The van der Waals surface area contributed by atoms with Crippen molar-refractivity contribution in [3.8, 4) is 0 Å². The molecule has 0 aliphatic rings. The van der Waals surface area contributed by atoms with Crippen LogP contribution in [-0.2, 0) is 11.2 Å². The summed E-state index contributed by atoms with van der Waals surface area (Å²) in [5.74, 6) is -1.10. The molecule has 0 aliphatic heterocycles. The van der Waals surface area contributed by atoms with Crippen LogP contribution >= 0.6 is 11.3 Å². The van der Waals surface area contributed by atoms with Gasteiger partial charge in [0.2, 0.25) is 0 Å². The van der Waals surface area contributed by atoms with Crippen molar-refractivity contribution in [3.63, 3.8) is 0 Å². The summed E-state index contributed by atoms with van der Waals surface area (Å²) in [6.45, 7) is 3.71. The average Bonchev–Trinajstić information content (AvgIpc) is 2.64. The zero-order chi connectivity index (χ0) is 12.1. The number of thiophene rings is 1. The summed E-state index contributed by atoms with van der Waals surface area (Å²) in [7, 11) is 0. The summed E-state index contributed by atoms with van der Waals surface area (Å²) in [6.07, 6.45) is 0.848. The molecule has 0 saturated carbocycles. The molecular formula is C11H15NO3S. The van der Waals surface area contributed by atoms with Crippen LogP contribution < -0.4 is 5.32 Å². The van der Waals surface area contributed by atoms with Gasteiger partial charge in [-0.3, -0.25) is 9.59 Å². The van der Waals surface area contributed by atoms with E-state index < -0.39 is 5.97 Å². The standard InChI is InChI=1S/C11H15NO3S/c1-3-8-4-5-9(16-8)11(15)12-7(2)6-10(13)14/h4-5,7H,3,6H2,1-2H3,(H,12,15)(H,13,14). The summed E-state index contributed by atoms with van der Waals surface area (Å²) in [5.41, 5.74) is 0. The Hall–Kier alpha value is -1.36. The number of carbonyl (C=O) groups is 2. The van der Waals surface area contributed by atoms with Crippen molar-refractivity contribution in [2.75, 3.05) is 0 Å². The molecule has 1 aromatic heterocycles. The van der Waals surface area contributed by atoms with E-state index in [1.807, 2.05) is 13.0 Å². The Morgan fingerprint density at radius 1 is 1.50 bits per heavy atom. The minimum atomic E-state index is -0.909. The number of nitrogens with one attached hydrogen (secondary N) is 1. The van der Waals surface area contributed by atoms with Gasteiger partial charge in [-0.25, -0.2) is 0 Å². The quantitative estimate of drug-likeness (QED) is 0.827. The molecule has 0 spiro atoms. The second kappa shape index (κ2) is 5.65. The van der Waals surface area contributed by atoms with Crippen LogP contribution in [0.3, 0.4) is 0 Å². The van der Waals surface area contributed by atoms with Crippen LogP contribution in [0.2, 0.25) is 0 Å². The monoisotopic (exact) mass is 241 g/mol. The molecule has 88 valence electrons. The van der Waals surface area contributed by atoms with Crippen LogP contribution in [-0.4, -0.2) is 23.0 Å². The number of carbonyl (C=O) groups excluding carboxylic acids is 1. The van der Waals surface area contributed by atoms with Crippen LogP contribution in [0.1, 0.15) is 34.8 Å². The number of carboxylic acid groups (broad SMARTS) is 1. The molecule has 0 saturated heterocycles. The maximum absolute atomic E-state index is 11.7. The van der Waals surface area contributed by atoms with Gasteiger partial charge in [0, 0.05) is 10.9 Å². The third kappa shape index (κ3) is 3.66. The van der Waals surface area contributed by atoms with Gasteiger partial charge < -0.3 is 10.4 Å². The lowest BCUT2D eigenvalue weighted by atomic mass is 10.2. The average molecular weight is 241 g/mol. The van der Waals surface area contributed by atoms with Crippen LogP contribution in [0.15, 0.2) is 12.1 Å². The third-order valence-electron chi connectivity index (χ3n) is 2.09. The molecule has 1 rings (SSSR count). The van der Waals surface area contributed by atoms with Gasteiger partial charge in [0.1, 0.15) is 0 Å². The second-order valence-electron chi connectivity index (χ2n) is 3.59. The molecule has 1 heterocycles. The van der Waals surface area contributed by atoms with Crippen LogP contribution in [0.25, 0.3) is 0 Å². The van der Waals surface area contributed by atoms with Gasteiger partial charge in [-0.15, -0.1) is 11.3 Å². The fourth-order valence-corrected chi connectivity index (χ4v) is 2.15. The van der Waals surface area contributed by atoms with Crippen molar-refractivity contribution in [3.05, 3.63) is 21.9 Å². The molecule has 0 fully saturated rings. The summed E-state index contributed by atoms with van der Waals surface area (Å²) in [6, 6.07) is 3.34. The van der Waals surface area contributed by atoms with Gasteiger partial charge in [0.05, 0.1) is 11.3 Å². The fraction of sp³-hybridized carbons (Fsp3) is 0.455. The van der Waals surface area contributed by atoms with E-state index in [1.165, 1.54) is 11.3 Å². The Balaban J connectivity index is 2.54. The summed E-state index contributed by atoms with van der Waals surface area (Å²) in [5, 5.41) is 11.2. The molecule has 1 unspecified atom stereocenters. The molecule has 0 bridgehead atoms. The lowest BCUT2D eigenvalue weighted by Gasteiger charge is -2.09. The van der Waals surface area contributed by atoms with E-state index in [1.54, 1.807) is 13.0 Å². The minimum absolute atomic E-state index is 0.0578. The second-order valence-corrected chi connectivity index (χ2v) is 4.76. The minimum Gasteiger partial charge on any atom is -0.481 e. The predicted molar refractivity (Wildman–Crippen MR) is 62.9 cm³/mol. The summed E-state index contributed by atoms with van der Waals surface area (Å²) < 4.78 is 0. The predicted octanol–water partition coefficient (Wildman–Crippen LogP) is 1.90. The first-order valence-electron chi connectivity index (χ1n) is 5.14. The number of carboxylic acids is 1. The van der Waals surface area contributed by atoms with E-state index in [0.29, 0.717) is 4.88 Å². The van der Waals surface area contributed by atoms with Gasteiger partial charge in [-0.05, 0) is 25.5 Å². The maximum atomic E-state index is 11.7. The van der Waals surface area contributed by atoms with Crippen molar-refractivity contribution < 1.29 is 14.7 Å². The Morgan fingerprint density at radius 3 is 2.69 bits per heavy atom. The molecule has 2 N–H and O–H groups in total. The van der Waals surface area contributed by atoms with Crippen LogP contribution in [0.5, 0.6) is 0 Å². The normalized spacial score (nSPS) is 12.1. The Morgan fingerprint density at radius 2 is 2.19 bits per heavy atom. The van der Waals surface area contributed by atoms with Gasteiger partial charge in [-0.2, -0.15) is 0 Å². The van der Waals surface area contributed by atoms with E-state index in [0.717, 1.165) is 11.3 Å². The van der Waals surface area contributed by atoms with Gasteiger partial charge in [0.25, 0.3) is 5.91 Å². The SMILES string of the molecule is CCc1ccc(C(=O)NC(C)CC(=O)O)s1. The first kappa shape index (κ1) is 12.7. The van der Waals surface area contributed by atoms with E-state index in [9.17, 15) is 9.59 Å². The van der Waals surface area contributed by atoms with Crippen molar-refractivity contribution in [1.29, 1.82) is 0 Å². The lowest BCUT2D eigenvalue weighted by molar-refractivity contribution is -0.137. The molecule has 1 atom stereocenters. The molecule has 0 aliphatic carbocycles. The molecule has 1 amide bonds. The number of amides is 1. The number of hydrogen-bond donors (Lipinski definition) is 2. The zero-order valence-corrected chi connectivity index (χ0v) is 10.1. The van der Waals surface area contributed by atoms with Crippen molar-refractivity contribution in [2.45, 2.75) is 32.7 Å². The summed E-state index contributed by atoms with van der Waals surface area (Å²) in [4.78, 5) is 23.9. The molecule has 16 heavy (non-hydrogen) atoms. The highest BCUT2D eigenvalue weighted by atomic mass is 32.1. The van der Waals surface area contributed by atoms with Gasteiger partial charge in [-0.1, -0.05) is 6.92 Å². The Bertz CT molecular complexity index is 386. The molecule has 1 aromatic rings. The lowest BCUT2D eigenvalue weighted by Crippen LogP contribution is -2.33. The number of aliphatic carboxylic acids is 1. The first-order valence-corrected chi connectivity index (χ1v) is 5.96. The van der Waals surface area contributed by atoms with Crippen LogP contribution in [0.4, 0.5) is 0 Å². The number of aryl methyl sites for hydroxylation is 1. The Kier molecular flexibility index (Phi) is 4.49. The first-order chi connectivity index (χ1) is 7.52. The largest absolute Gasteiger partial charge is 0.481 e. The van der Waals surface area contributed by atoms with E-state index in [-0.39, 0.29) is 18.4 Å². The number of rotatable bonds is 5. The third-order valence-corrected chi connectivity index (χ3v) is 3.32. The maximum Gasteiger partial charge on any atom is 0.305 e. The van der Waals surface area contributed by atoms with Crippen LogP contribution in [0, 0.1) is 0 Å². The highest BCUT2D eigenvalue weighted by Gasteiger charge is 2.13. The van der Waals surface area contributed by atoms with Crippen molar-refractivity contribution in [2.24, 2.45) is 0 Å². The van der Waals surface area contributed by atoms with Gasteiger partial charge in [0.15, 0.2) is 0 Å². The highest BCUT2D eigenvalue weighted by molar-refractivity contribution is 7.14. The van der Waals surface area contributed by atoms with E-state index in [2.05, 4.69) is 5.32 Å². The fourth-order valence-electron chi connectivity index (χ4n) is 1.30. The van der Waals surface area contributed by atoms with E-state index in [4.69, 9.17) is 5.11 Å². The summed E-state index contributed by atoms with van der Waals surface area (Å²) >= 11 is 1.44. The zero-order valence-electron chi connectivity index (χ0n) is 9.32. The van der Waals surface area contributed by atoms with Gasteiger partial charge >= 0.3 is 5.97 Å². The van der Waals surface area contributed by atoms with Crippen molar-refractivity contribution >= 4 is 23.2 Å². The Labute approximate surface area is 98.3 Å². The topological polar surface area (TPSA) is 66.4 Å². The molecule has 5 heteroatoms. The molecule has 0 aromatic carbocycles. The number of hydrogen-bond acceptors (Lipinski definition) is 3. The smallest absolute Gasteiger partial charge is 0.305 e. The molecule has 0 radical (unpaired) electrons. The van der Waals surface area contributed by atoms with Crippen molar-refractivity contribution in [1.82, 2.24) is 5.32 Å². The molecule has 4 nitrogen and oxygen atoms in total. The highest BCUT2D eigenvalue weighted by Crippen LogP contribution is 2.16.